The van der Waals surface area contributed by atoms with Gasteiger partial charge in [-0.15, -0.1) is 11.3 Å². The van der Waals surface area contributed by atoms with Gasteiger partial charge in [-0.05, 0) is 87.2 Å². The second kappa shape index (κ2) is 11.6. The molecule has 0 saturated carbocycles. The average molecular weight is 517 g/mol. The van der Waals surface area contributed by atoms with Gasteiger partial charge in [0.15, 0.2) is 0 Å². The van der Waals surface area contributed by atoms with Gasteiger partial charge in [0.25, 0.3) is 5.91 Å². The molecule has 4 nitrogen and oxygen atoms in total. The molecular weight excluding hydrogens is 476 g/mol. The molecule has 5 heteroatoms. The van der Waals surface area contributed by atoms with Gasteiger partial charge in [0.05, 0.1) is 6.04 Å². The summed E-state index contributed by atoms with van der Waals surface area (Å²) in [4.78, 5) is 32.6. The number of carbonyl (C=O) groups excluding carboxylic acids is 2. The molecule has 2 aromatic carbocycles. The Labute approximate surface area is 226 Å². The van der Waals surface area contributed by atoms with Gasteiger partial charge in [-0.3, -0.25) is 9.59 Å². The molecule has 1 aliphatic heterocycles. The lowest BCUT2D eigenvalue weighted by molar-refractivity contribution is -0.135. The Morgan fingerprint density at radius 1 is 1.00 bits per heavy atom. The minimum atomic E-state index is -0.491. The van der Waals surface area contributed by atoms with Crippen LogP contribution in [0.1, 0.15) is 90.5 Å². The molecule has 0 fully saturated rings. The zero-order chi connectivity index (χ0) is 26.6. The molecule has 2 amide bonds. The Kier molecular flexibility index (Phi) is 8.53. The summed E-state index contributed by atoms with van der Waals surface area (Å²) in [6.07, 6.45) is 5.46. The van der Waals surface area contributed by atoms with Gasteiger partial charge in [-0.1, -0.05) is 61.7 Å². The first-order valence-electron chi connectivity index (χ1n) is 13.5. The van der Waals surface area contributed by atoms with Crippen LogP contribution in [0.4, 0.5) is 0 Å². The molecule has 1 atom stereocenters. The number of rotatable bonds is 8. The van der Waals surface area contributed by atoms with Crippen LogP contribution in [0.15, 0.2) is 60.0 Å². The maximum Gasteiger partial charge on any atom is 0.254 e. The predicted octanol–water partition coefficient (Wildman–Crippen LogP) is 7.20. The molecular formula is C32H40N2O2S. The van der Waals surface area contributed by atoms with E-state index in [0.29, 0.717) is 12.1 Å². The molecule has 1 aromatic heterocycles. The van der Waals surface area contributed by atoms with E-state index in [1.807, 2.05) is 37.8 Å². The van der Waals surface area contributed by atoms with Crippen molar-refractivity contribution in [3.05, 3.63) is 92.7 Å². The highest BCUT2D eigenvalue weighted by Crippen LogP contribution is 2.38. The van der Waals surface area contributed by atoms with Crippen LogP contribution in [0.25, 0.3) is 0 Å². The maximum atomic E-state index is 13.9. The summed E-state index contributed by atoms with van der Waals surface area (Å²) in [7, 11) is 0. The highest BCUT2D eigenvalue weighted by Gasteiger charge is 2.36. The minimum absolute atomic E-state index is 0.0121. The van der Waals surface area contributed by atoms with Crippen LogP contribution in [0.2, 0.25) is 0 Å². The van der Waals surface area contributed by atoms with E-state index in [2.05, 4.69) is 61.7 Å². The van der Waals surface area contributed by atoms with Crippen molar-refractivity contribution in [3.8, 4) is 0 Å². The summed E-state index contributed by atoms with van der Waals surface area (Å²) in [5.41, 5.74) is 4.92. The average Bonchev–Trinajstić information content (AvgIpc) is 3.36. The number of hydrogen-bond donors (Lipinski definition) is 0. The van der Waals surface area contributed by atoms with E-state index in [0.717, 1.165) is 24.8 Å². The van der Waals surface area contributed by atoms with Crippen molar-refractivity contribution < 1.29 is 9.59 Å². The minimum Gasteiger partial charge on any atom is -0.330 e. The number of unbranched alkanes of at least 4 members (excludes halogenated alkanes) is 2. The molecule has 3 aromatic rings. The van der Waals surface area contributed by atoms with Crippen molar-refractivity contribution in [2.24, 2.45) is 0 Å². The SMILES string of the molecule is CCCCCc1ccc(C(=O)N(CC(=O)N2CCc3sccc3C2c2ccc(C)cc2)C(C)(C)C)cc1. The van der Waals surface area contributed by atoms with E-state index in [-0.39, 0.29) is 24.4 Å². The van der Waals surface area contributed by atoms with Crippen LogP contribution < -0.4 is 0 Å². The molecule has 0 radical (unpaired) electrons. The van der Waals surface area contributed by atoms with Gasteiger partial charge >= 0.3 is 0 Å². The summed E-state index contributed by atoms with van der Waals surface area (Å²) in [6.45, 7) is 11.0. The zero-order valence-corrected chi connectivity index (χ0v) is 23.7. The zero-order valence-electron chi connectivity index (χ0n) is 22.9. The molecule has 37 heavy (non-hydrogen) atoms. The van der Waals surface area contributed by atoms with E-state index in [1.54, 1.807) is 16.2 Å². The lowest BCUT2D eigenvalue weighted by Gasteiger charge is -2.40. The molecule has 1 unspecified atom stereocenters. The van der Waals surface area contributed by atoms with Gasteiger partial charge < -0.3 is 9.80 Å². The Bertz CT molecular complexity index is 1200. The number of amides is 2. The van der Waals surface area contributed by atoms with Crippen molar-refractivity contribution in [2.75, 3.05) is 13.1 Å². The molecule has 2 heterocycles. The number of hydrogen-bond acceptors (Lipinski definition) is 3. The highest BCUT2D eigenvalue weighted by molar-refractivity contribution is 7.10. The predicted molar refractivity (Wildman–Crippen MR) is 153 cm³/mol. The third-order valence-corrected chi connectivity index (χ3v) is 8.29. The van der Waals surface area contributed by atoms with Crippen molar-refractivity contribution in [2.45, 2.75) is 78.3 Å². The second-order valence-corrected chi connectivity index (χ2v) is 12.2. The van der Waals surface area contributed by atoms with Crippen LogP contribution in [0.5, 0.6) is 0 Å². The normalized spacial score (nSPS) is 15.4. The number of carbonyl (C=O) groups is 2. The molecule has 0 saturated heterocycles. The highest BCUT2D eigenvalue weighted by atomic mass is 32.1. The number of thiophene rings is 1. The Balaban J connectivity index is 1.56. The number of aryl methyl sites for hydroxylation is 2. The third kappa shape index (κ3) is 6.32. The second-order valence-electron chi connectivity index (χ2n) is 11.2. The van der Waals surface area contributed by atoms with E-state index >= 15 is 0 Å². The van der Waals surface area contributed by atoms with E-state index in [4.69, 9.17) is 0 Å². The fourth-order valence-electron chi connectivity index (χ4n) is 5.08. The van der Waals surface area contributed by atoms with Crippen LogP contribution >= 0.6 is 11.3 Å². The molecule has 0 bridgehead atoms. The van der Waals surface area contributed by atoms with Gasteiger partial charge in [-0.25, -0.2) is 0 Å². The molecule has 1 aliphatic rings. The smallest absolute Gasteiger partial charge is 0.254 e. The standard InChI is InChI=1S/C32H40N2O2S/c1-6-7-8-9-24-12-16-26(17-13-24)31(36)34(32(3,4)5)22-29(35)33-20-18-28-27(19-21-37-28)30(33)25-14-10-23(2)11-15-25/h10-17,19,21,30H,6-9,18,20,22H2,1-5H3. The van der Waals surface area contributed by atoms with E-state index in [1.165, 1.54) is 34.4 Å². The summed E-state index contributed by atoms with van der Waals surface area (Å²) in [6, 6.07) is 18.4. The first kappa shape index (κ1) is 27.1. The number of benzene rings is 2. The Morgan fingerprint density at radius 2 is 1.70 bits per heavy atom. The first-order valence-corrected chi connectivity index (χ1v) is 14.4. The van der Waals surface area contributed by atoms with Crippen LogP contribution in [-0.2, 0) is 17.6 Å². The fraction of sp³-hybridized carbons (Fsp3) is 0.438. The lowest BCUT2D eigenvalue weighted by atomic mass is 9.92. The van der Waals surface area contributed by atoms with Crippen LogP contribution in [-0.4, -0.2) is 40.2 Å². The van der Waals surface area contributed by atoms with Crippen molar-refractivity contribution >= 4 is 23.2 Å². The van der Waals surface area contributed by atoms with Crippen molar-refractivity contribution in [3.63, 3.8) is 0 Å². The fourth-order valence-corrected chi connectivity index (χ4v) is 5.99. The van der Waals surface area contributed by atoms with E-state index < -0.39 is 5.54 Å². The van der Waals surface area contributed by atoms with Crippen LogP contribution in [0.3, 0.4) is 0 Å². The van der Waals surface area contributed by atoms with Gasteiger partial charge in [-0.2, -0.15) is 0 Å². The summed E-state index contributed by atoms with van der Waals surface area (Å²) < 4.78 is 0. The molecule has 196 valence electrons. The summed E-state index contributed by atoms with van der Waals surface area (Å²) >= 11 is 1.77. The number of fused-ring (bicyclic) bond motifs is 1. The Hall–Kier alpha value is -2.92. The monoisotopic (exact) mass is 516 g/mol. The largest absolute Gasteiger partial charge is 0.330 e. The van der Waals surface area contributed by atoms with Gasteiger partial charge in [0, 0.05) is 22.5 Å². The summed E-state index contributed by atoms with van der Waals surface area (Å²) in [5, 5.41) is 2.12. The molecule has 4 rings (SSSR count). The topological polar surface area (TPSA) is 40.6 Å². The molecule has 0 aliphatic carbocycles. The first-order chi connectivity index (χ1) is 17.7. The van der Waals surface area contributed by atoms with Crippen LogP contribution in [0, 0.1) is 6.92 Å². The molecule has 0 spiro atoms. The third-order valence-electron chi connectivity index (χ3n) is 7.30. The molecule has 0 N–H and O–H groups in total. The number of nitrogens with zero attached hydrogens (tertiary/aromatic N) is 2. The maximum absolute atomic E-state index is 13.9. The summed E-state index contributed by atoms with van der Waals surface area (Å²) in [5.74, 6) is -0.108. The van der Waals surface area contributed by atoms with E-state index in [9.17, 15) is 9.59 Å². The van der Waals surface area contributed by atoms with Gasteiger partial charge in [0.1, 0.15) is 6.54 Å². The van der Waals surface area contributed by atoms with Gasteiger partial charge in [0.2, 0.25) is 5.91 Å². The lowest BCUT2D eigenvalue weighted by Crippen LogP contribution is -2.52. The Morgan fingerprint density at radius 3 is 2.35 bits per heavy atom. The van der Waals surface area contributed by atoms with Crippen molar-refractivity contribution in [1.29, 1.82) is 0 Å². The quantitative estimate of drug-likeness (QED) is 0.297. The van der Waals surface area contributed by atoms with Crippen molar-refractivity contribution in [1.82, 2.24) is 9.80 Å².